The van der Waals surface area contributed by atoms with E-state index in [1.54, 1.807) is 6.92 Å². The Morgan fingerprint density at radius 2 is 2.30 bits per heavy atom. The van der Waals surface area contributed by atoms with Crippen LogP contribution in [0.1, 0.15) is 27.6 Å². The van der Waals surface area contributed by atoms with Crippen LogP contribution in [0.5, 0.6) is 0 Å². The molecule has 0 fully saturated rings. The predicted molar refractivity (Wildman–Crippen MR) is 89.7 cm³/mol. The van der Waals surface area contributed by atoms with Crippen molar-refractivity contribution in [3.05, 3.63) is 63.4 Å². The summed E-state index contributed by atoms with van der Waals surface area (Å²) in [7, 11) is 1.46. The molecule has 11 nitrogen and oxygen atoms in total. The highest BCUT2D eigenvalue weighted by molar-refractivity contribution is 5.92. The second-order valence-corrected chi connectivity index (χ2v) is 5.53. The number of aryl methyl sites for hydroxylation is 2. The van der Waals surface area contributed by atoms with Gasteiger partial charge in [0.1, 0.15) is 18.2 Å². The van der Waals surface area contributed by atoms with Crippen LogP contribution in [-0.4, -0.2) is 36.6 Å². The maximum Gasteiger partial charge on any atom is 0.307 e. The number of nitrogens with zero attached hydrogens (tertiary/aromatic N) is 6. The van der Waals surface area contributed by atoms with Crippen LogP contribution in [0, 0.1) is 23.0 Å². The number of nitrogens with one attached hydrogen (secondary N) is 1. The van der Waals surface area contributed by atoms with E-state index >= 15 is 0 Å². The molecule has 0 aliphatic rings. The van der Waals surface area contributed by atoms with E-state index in [1.165, 1.54) is 30.1 Å². The minimum absolute atomic E-state index is 0.0211. The lowest BCUT2D eigenvalue weighted by Gasteiger charge is -1.98. The van der Waals surface area contributed by atoms with Gasteiger partial charge in [0, 0.05) is 7.05 Å². The number of rotatable bonds is 6. The molecule has 0 unspecified atom stereocenters. The molecular weight excluding hydrogens is 361 g/mol. The van der Waals surface area contributed by atoms with Gasteiger partial charge in [0.2, 0.25) is 5.95 Å². The zero-order valence-electron chi connectivity index (χ0n) is 14.3. The lowest BCUT2D eigenvalue weighted by molar-refractivity contribution is -0.385. The number of hydrazone groups is 1. The minimum atomic E-state index is -0.633. The third kappa shape index (κ3) is 3.89. The first-order valence-corrected chi connectivity index (χ1v) is 7.63. The number of nitro groups is 1. The van der Waals surface area contributed by atoms with E-state index in [4.69, 9.17) is 4.42 Å². The molecule has 12 heteroatoms. The molecule has 3 rings (SSSR count). The number of furan rings is 1. The number of carbonyl (C=O) groups is 1. The van der Waals surface area contributed by atoms with E-state index in [-0.39, 0.29) is 23.6 Å². The number of carbonyl (C=O) groups excluding carboxylic acids is 1. The number of aromatic nitrogens is 4. The van der Waals surface area contributed by atoms with Crippen LogP contribution in [0.25, 0.3) is 0 Å². The zero-order valence-corrected chi connectivity index (χ0v) is 14.3. The highest BCUT2D eigenvalue weighted by atomic mass is 19.1. The zero-order chi connectivity index (χ0) is 19.6. The Balaban J connectivity index is 1.62. The van der Waals surface area contributed by atoms with Crippen LogP contribution in [-0.2, 0) is 13.6 Å². The summed E-state index contributed by atoms with van der Waals surface area (Å²) in [6.07, 6.45) is 3.52. The number of hydrogen-bond donors (Lipinski definition) is 1. The fourth-order valence-corrected chi connectivity index (χ4v) is 2.28. The van der Waals surface area contributed by atoms with Crippen LogP contribution in [0.15, 0.2) is 34.0 Å². The summed E-state index contributed by atoms with van der Waals surface area (Å²) in [6.45, 7) is 1.73. The van der Waals surface area contributed by atoms with Crippen LogP contribution < -0.4 is 5.43 Å². The summed E-state index contributed by atoms with van der Waals surface area (Å²) in [5.41, 5.74) is 2.68. The van der Waals surface area contributed by atoms with Crippen molar-refractivity contribution in [2.24, 2.45) is 12.1 Å². The van der Waals surface area contributed by atoms with E-state index in [1.807, 2.05) is 0 Å². The molecule has 3 heterocycles. The third-order valence-corrected chi connectivity index (χ3v) is 3.59. The van der Waals surface area contributed by atoms with Gasteiger partial charge in [-0.05, 0) is 19.1 Å². The van der Waals surface area contributed by atoms with Crippen molar-refractivity contribution in [3.63, 3.8) is 0 Å². The molecule has 0 saturated carbocycles. The standard InChI is InChI=1S/C15H14FN7O4/c1-9-12(14(16)21(2)20-9)6-17-19-15(24)13-4-3-11(27-13)8-22-7-10(5-18-22)23(25)26/h3-7H,8H2,1-2H3,(H,19,24). The van der Waals surface area contributed by atoms with Gasteiger partial charge in [-0.1, -0.05) is 0 Å². The number of hydrogen-bond acceptors (Lipinski definition) is 7. The third-order valence-electron chi connectivity index (χ3n) is 3.59. The molecule has 0 aromatic carbocycles. The van der Waals surface area contributed by atoms with Crippen LogP contribution in [0.3, 0.4) is 0 Å². The van der Waals surface area contributed by atoms with Crippen molar-refractivity contribution in [3.8, 4) is 0 Å². The molecule has 0 bridgehead atoms. The largest absolute Gasteiger partial charge is 0.454 e. The molecule has 140 valence electrons. The van der Waals surface area contributed by atoms with Gasteiger partial charge in [0.05, 0.1) is 28.9 Å². The molecular formula is C15H14FN7O4. The molecule has 0 saturated heterocycles. The van der Waals surface area contributed by atoms with Crippen molar-refractivity contribution in [1.82, 2.24) is 25.0 Å². The summed E-state index contributed by atoms with van der Waals surface area (Å²) in [4.78, 5) is 22.1. The Morgan fingerprint density at radius 1 is 1.52 bits per heavy atom. The summed E-state index contributed by atoms with van der Waals surface area (Å²) in [6, 6.07) is 2.96. The molecule has 27 heavy (non-hydrogen) atoms. The van der Waals surface area contributed by atoms with E-state index in [0.717, 1.165) is 17.1 Å². The van der Waals surface area contributed by atoms with Gasteiger partial charge in [-0.15, -0.1) is 0 Å². The first-order chi connectivity index (χ1) is 12.8. The Labute approximate surface area is 151 Å². The SMILES string of the molecule is Cc1nn(C)c(F)c1C=NNC(=O)c1ccc(Cn2cc([N+](=O)[O-])cn2)o1. The smallest absolute Gasteiger partial charge is 0.307 e. The monoisotopic (exact) mass is 375 g/mol. The first kappa shape index (κ1) is 18.0. The van der Waals surface area contributed by atoms with E-state index in [9.17, 15) is 19.3 Å². The van der Waals surface area contributed by atoms with Crippen LogP contribution >= 0.6 is 0 Å². The highest BCUT2D eigenvalue weighted by Gasteiger charge is 2.14. The molecule has 0 aliphatic heterocycles. The Kier molecular flexibility index (Phi) is 4.79. The predicted octanol–water partition coefficient (Wildman–Crippen LogP) is 1.38. The van der Waals surface area contributed by atoms with E-state index in [0.29, 0.717) is 11.5 Å². The molecule has 3 aromatic rings. The van der Waals surface area contributed by atoms with Gasteiger partial charge in [0.15, 0.2) is 5.76 Å². The Hall–Kier alpha value is -3.83. The molecule has 0 aliphatic carbocycles. The normalized spacial score (nSPS) is 11.2. The fraction of sp³-hybridized carbons (Fsp3) is 0.200. The van der Waals surface area contributed by atoms with Crippen LogP contribution in [0.2, 0.25) is 0 Å². The summed E-state index contributed by atoms with van der Waals surface area (Å²) in [5.74, 6) is -0.853. The Morgan fingerprint density at radius 3 is 2.93 bits per heavy atom. The van der Waals surface area contributed by atoms with Gasteiger partial charge in [0.25, 0.3) is 0 Å². The van der Waals surface area contributed by atoms with Gasteiger partial charge in [-0.25, -0.2) is 10.1 Å². The topological polar surface area (TPSA) is 133 Å². The second kappa shape index (κ2) is 7.19. The highest BCUT2D eigenvalue weighted by Crippen LogP contribution is 2.13. The lowest BCUT2D eigenvalue weighted by atomic mass is 10.3. The fourth-order valence-electron chi connectivity index (χ4n) is 2.28. The molecule has 0 atom stereocenters. The van der Waals surface area contributed by atoms with Gasteiger partial charge in [-0.3, -0.25) is 19.6 Å². The Bertz CT molecular complexity index is 1030. The summed E-state index contributed by atoms with van der Waals surface area (Å²) >= 11 is 0. The second-order valence-electron chi connectivity index (χ2n) is 5.53. The first-order valence-electron chi connectivity index (χ1n) is 7.63. The maximum absolute atomic E-state index is 13.8. The van der Waals surface area contributed by atoms with Crippen molar-refractivity contribution in [1.29, 1.82) is 0 Å². The van der Waals surface area contributed by atoms with Crippen molar-refractivity contribution in [2.45, 2.75) is 13.5 Å². The van der Waals surface area contributed by atoms with E-state index in [2.05, 4.69) is 20.7 Å². The molecule has 0 spiro atoms. The van der Waals surface area contributed by atoms with Gasteiger partial charge >= 0.3 is 11.6 Å². The van der Waals surface area contributed by atoms with Crippen molar-refractivity contribution >= 4 is 17.8 Å². The van der Waals surface area contributed by atoms with Crippen molar-refractivity contribution in [2.75, 3.05) is 0 Å². The summed E-state index contributed by atoms with van der Waals surface area (Å²) in [5, 5.41) is 22.1. The summed E-state index contributed by atoms with van der Waals surface area (Å²) < 4.78 is 21.5. The van der Waals surface area contributed by atoms with E-state index < -0.39 is 16.8 Å². The van der Waals surface area contributed by atoms with Crippen molar-refractivity contribution < 1.29 is 18.5 Å². The quantitative estimate of drug-likeness (QED) is 0.393. The van der Waals surface area contributed by atoms with Gasteiger partial charge in [-0.2, -0.15) is 19.7 Å². The molecule has 3 aromatic heterocycles. The average Bonchev–Trinajstić information content (AvgIpc) is 3.32. The lowest BCUT2D eigenvalue weighted by Crippen LogP contribution is -2.17. The number of halogens is 1. The maximum atomic E-state index is 13.8. The molecule has 1 N–H and O–H groups in total. The molecule has 0 radical (unpaired) electrons. The van der Waals surface area contributed by atoms with Gasteiger partial charge < -0.3 is 4.42 Å². The average molecular weight is 375 g/mol. The van der Waals surface area contributed by atoms with Crippen LogP contribution in [0.4, 0.5) is 10.1 Å². The molecule has 1 amide bonds. The number of amides is 1. The minimum Gasteiger partial charge on any atom is -0.454 e.